The predicted octanol–water partition coefficient (Wildman–Crippen LogP) is 17.5. The molecular formula is C60H64. The number of fused-ring (bicyclic) bond motifs is 3. The summed E-state index contributed by atoms with van der Waals surface area (Å²) < 4.78 is 0. The summed E-state index contributed by atoms with van der Waals surface area (Å²) in [4.78, 5) is 0. The van der Waals surface area contributed by atoms with Gasteiger partial charge in [-0.15, -0.1) is 0 Å². The number of aryl methyl sites for hydroxylation is 10. The van der Waals surface area contributed by atoms with Crippen molar-refractivity contribution in [2.75, 3.05) is 0 Å². The zero-order valence-electron chi connectivity index (χ0n) is 39.2. The Bertz CT molecular complexity index is 3030. The van der Waals surface area contributed by atoms with Crippen molar-refractivity contribution in [1.82, 2.24) is 0 Å². The molecule has 0 nitrogen and oxygen atoms in total. The Labute approximate surface area is 360 Å². The lowest BCUT2D eigenvalue weighted by Crippen LogP contribution is -2.11. The molecule has 0 saturated heterocycles. The van der Waals surface area contributed by atoms with Crippen LogP contribution in [0.1, 0.15) is 108 Å². The van der Waals surface area contributed by atoms with E-state index in [0.29, 0.717) is 0 Å². The summed E-state index contributed by atoms with van der Waals surface area (Å²) in [5, 5.41) is 7.93. The van der Waals surface area contributed by atoms with Crippen molar-refractivity contribution >= 4 is 32.3 Å². The summed E-state index contributed by atoms with van der Waals surface area (Å²) in [6.07, 6.45) is 0. The van der Waals surface area contributed by atoms with Crippen LogP contribution >= 0.6 is 0 Å². The van der Waals surface area contributed by atoms with E-state index >= 15 is 0 Å². The summed E-state index contributed by atoms with van der Waals surface area (Å²) in [6.45, 7) is 37.0. The minimum Gasteiger partial charge on any atom is -0.0587 e. The van der Waals surface area contributed by atoms with Crippen molar-refractivity contribution in [2.45, 2.75) is 122 Å². The number of hydrogen-bond donors (Lipinski definition) is 0. The van der Waals surface area contributed by atoms with E-state index in [1.54, 1.807) is 0 Å². The van der Waals surface area contributed by atoms with Gasteiger partial charge >= 0.3 is 0 Å². The van der Waals surface area contributed by atoms with E-state index in [4.69, 9.17) is 0 Å². The van der Waals surface area contributed by atoms with Gasteiger partial charge in [0.15, 0.2) is 0 Å². The van der Waals surface area contributed by atoms with E-state index in [0.717, 1.165) is 0 Å². The summed E-state index contributed by atoms with van der Waals surface area (Å²) >= 11 is 0. The van der Waals surface area contributed by atoms with Gasteiger partial charge in [0.05, 0.1) is 0 Å². The second-order valence-electron chi connectivity index (χ2n) is 20.5. The average Bonchev–Trinajstić information content (AvgIpc) is 3.13. The second kappa shape index (κ2) is 14.6. The molecule has 304 valence electrons. The first-order valence-corrected chi connectivity index (χ1v) is 22.0. The topological polar surface area (TPSA) is 0 Å². The molecule has 0 bridgehead atoms. The third kappa shape index (κ3) is 6.87. The van der Waals surface area contributed by atoms with Crippen molar-refractivity contribution in [2.24, 2.45) is 0 Å². The van der Waals surface area contributed by atoms with Crippen molar-refractivity contribution in [3.05, 3.63) is 164 Å². The van der Waals surface area contributed by atoms with Gasteiger partial charge in [0.25, 0.3) is 0 Å². The molecular weight excluding hydrogens is 721 g/mol. The van der Waals surface area contributed by atoms with Crippen molar-refractivity contribution in [1.29, 1.82) is 0 Å². The molecule has 8 rings (SSSR count). The Morgan fingerprint density at radius 3 is 0.967 bits per heavy atom. The zero-order chi connectivity index (χ0) is 43.3. The van der Waals surface area contributed by atoms with Gasteiger partial charge in [-0.05, 0) is 214 Å². The fraction of sp³-hybridized carbons (Fsp3) is 0.300. The Kier molecular flexibility index (Phi) is 10.1. The van der Waals surface area contributed by atoms with Gasteiger partial charge < -0.3 is 0 Å². The number of rotatable bonds is 4. The minimum atomic E-state index is -0.0401. The van der Waals surface area contributed by atoms with Gasteiger partial charge in [-0.2, -0.15) is 0 Å². The lowest BCUT2D eigenvalue weighted by Gasteiger charge is -2.30. The van der Waals surface area contributed by atoms with Gasteiger partial charge in [0.1, 0.15) is 0 Å². The van der Waals surface area contributed by atoms with Crippen LogP contribution in [0.5, 0.6) is 0 Å². The SMILES string of the molecule is Cc1ccc(-c2c3cc(C(C)(C)C)ccc3c(-c3c(C)cc(C)cc3C)c3c(-c4c(C)cc(C)cc4C)c4cc(C(C)(C)C)ccc4c(-c4ccc(C)cc4C)c23)c(C)c1. The number of hydrogen-bond acceptors (Lipinski definition) is 0. The van der Waals surface area contributed by atoms with E-state index in [-0.39, 0.29) is 10.8 Å². The van der Waals surface area contributed by atoms with Crippen LogP contribution in [0.4, 0.5) is 0 Å². The third-order valence-corrected chi connectivity index (χ3v) is 13.3. The maximum atomic E-state index is 2.55. The maximum absolute atomic E-state index is 2.55. The first-order valence-electron chi connectivity index (χ1n) is 22.0. The molecule has 0 fully saturated rings. The van der Waals surface area contributed by atoms with Crippen LogP contribution < -0.4 is 0 Å². The highest BCUT2D eigenvalue weighted by atomic mass is 14.3. The lowest BCUT2D eigenvalue weighted by atomic mass is 9.73. The van der Waals surface area contributed by atoms with Crippen LogP contribution in [0.2, 0.25) is 0 Å². The van der Waals surface area contributed by atoms with E-state index in [9.17, 15) is 0 Å². The van der Waals surface area contributed by atoms with E-state index in [1.807, 2.05) is 0 Å². The summed E-state index contributed by atoms with van der Waals surface area (Å²) in [6, 6.07) is 38.7. The fourth-order valence-corrected chi connectivity index (χ4v) is 10.6. The first kappa shape index (κ1) is 41.3. The second-order valence-corrected chi connectivity index (χ2v) is 20.5. The van der Waals surface area contributed by atoms with Crippen LogP contribution in [-0.4, -0.2) is 0 Å². The highest BCUT2D eigenvalue weighted by Gasteiger charge is 2.30. The average molecular weight is 785 g/mol. The largest absolute Gasteiger partial charge is 0.0587 e. The summed E-state index contributed by atoms with van der Waals surface area (Å²) in [5.74, 6) is 0. The van der Waals surface area contributed by atoms with Gasteiger partial charge in [-0.1, -0.05) is 149 Å². The minimum absolute atomic E-state index is 0.0387. The molecule has 0 atom stereocenters. The quantitative estimate of drug-likeness (QED) is 0.156. The van der Waals surface area contributed by atoms with Crippen molar-refractivity contribution in [3.8, 4) is 44.5 Å². The normalized spacial score (nSPS) is 12.3. The molecule has 0 heterocycles. The summed E-state index contributed by atoms with van der Waals surface area (Å²) in [7, 11) is 0. The molecule has 0 aromatic heterocycles. The van der Waals surface area contributed by atoms with Gasteiger partial charge in [0.2, 0.25) is 0 Å². The molecule has 0 saturated carbocycles. The van der Waals surface area contributed by atoms with Crippen LogP contribution in [0.15, 0.2) is 97.1 Å². The lowest BCUT2D eigenvalue weighted by molar-refractivity contribution is 0.591. The third-order valence-electron chi connectivity index (χ3n) is 13.3. The Morgan fingerprint density at radius 2 is 0.583 bits per heavy atom. The Balaban J connectivity index is 1.87. The molecule has 0 radical (unpaired) electrons. The van der Waals surface area contributed by atoms with Gasteiger partial charge in [0, 0.05) is 0 Å². The highest BCUT2D eigenvalue weighted by Crippen LogP contribution is 2.56. The van der Waals surface area contributed by atoms with Crippen molar-refractivity contribution < 1.29 is 0 Å². The molecule has 0 aliphatic carbocycles. The molecule has 0 aliphatic rings. The zero-order valence-corrected chi connectivity index (χ0v) is 39.2. The van der Waals surface area contributed by atoms with E-state index in [1.165, 1.54) is 144 Å². The van der Waals surface area contributed by atoms with Gasteiger partial charge in [-0.3, -0.25) is 0 Å². The molecule has 0 unspecified atom stereocenters. The Morgan fingerprint density at radius 1 is 0.267 bits per heavy atom. The Hall–Kier alpha value is -5.46. The smallest absolute Gasteiger partial charge is 0.0000982 e. The van der Waals surface area contributed by atoms with E-state index in [2.05, 4.69) is 208 Å². The molecule has 8 aromatic rings. The van der Waals surface area contributed by atoms with Crippen LogP contribution in [0, 0.1) is 69.2 Å². The molecule has 60 heavy (non-hydrogen) atoms. The highest BCUT2D eigenvalue weighted by molar-refractivity contribution is 6.34. The first-order chi connectivity index (χ1) is 28.1. The fourth-order valence-electron chi connectivity index (χ4n) is 10.6. The maximum Gasteiger partial charge on any atom is -0.0000982 e. The summed E-state index contributed by atoms with van der Waals surface area (Å²) in [5.41, 5.74) is 26.2. The molecule has 0 heteroatoms. The number of benzene rings is 8. The molecule has 8 aromatic carbocycles. The van der Waals surface area contributed by atoms with Crippen LogP contribution in [-0.2, 0) is 10.8 Å². The van der Waals surface area contributed by atoms with Crippen LogP contribution in [0.3, 0.4) is 0 Å². The molecule has 0 N–H and O–H groups in total. The van der Waals surface area contributed by atoms with E-state index < -0.39 is 0 Å². The van der Waals surface area contributed by atoms with Gasteiger partial charge in [-0.25, -0.2) is 0 Å². The molecule has 0 spiro atoms. The monoisotopic (exact) mass is 785 g/mol. The standard InChI is InChI=1S/C60H64/c1-33-17-21-45(37(5)25-33)53-47-23-19-44(60(14,15)16)32-50(47)56(52-41(9)29-36(4)30-42(52)10)58-55(51-39(7)27-35(3)28-40(51)8)48-24-20-43(59(11,12)13)31-49(48)54(57(53)58)46-22-18-34(2)26-38(46)6/h17-32H,1-16H3. The molecule has 0 amide bonds. The predicted molar refractivity (Wildman–Crippen MR) is 265 cm³/mol. The molecule has 0 aliphatic heterocycles. The van der Waals surface area contributed by atoms with Crippen LogP contribution in [0.25, 0.3) is 76.8 Å². The van der Waals surface area contributed by atoms with Crippen molar-refractivity contribution in [3.63, 3.8) is 0 Å².